The van der Waals surface area contributed by atoms with Crippen LogP contribution in [0.1, 0.15) is 38.6 Å². The summed E-state index contributed by atoms with van der Waals surface area (Å²) in [5.41, 5.74) is 8.37. The lowest BCUT2D eigenvalue weighted by Crippen LogP contribution is -2.21. The van der Waals surface area contributed by atoms with Gasteiger partial charge in [0.25, 0.3) is 0 Å². The summed E-state index contributed by atoms with van der Waals surface area (Å²) < 4.78 is 2.00. The zero-order valence-electron chi connectivity index (χ0n) is 10.4. The van der Waals surface area contributed by atoms with Gasteiger partial charge in [0.2, 0.25) is 0 Å². The molecular weight excluding hydrogens is 186 g/mol. The van der Waals surface area contributed by atoms with Crippen LogP contribution in [0, 0.1) is 5.41 Å². The number of nitrogens with two attached hydrogens (primary N) is 1. The maximum absolute atomic E-state index is 5.62. The van der Waals surface area contributed by atoms with Crippen LogP contribution < -0.4 is 5.73 Å². The minimum absolute atomic E-state index is 0.271. The summed E-state index contributed by atoms with van der Waals surface area (Å²) in [6.45, 7) is 7.42. The standard InChI is InChI=1S/C12H23N3/c1-5-10-8-11(15(4)14-10)9-12(2,3)6-7-13/h8H,5-7,9,13H2,1-4H3. The summed E-state index contributed by atoms with van der Waals surface area (Å²) >= 11 is 0. The summed E-state index contributed by atoms with van der Waals surface area (Å²) in [4.78, 5) is 0. The summed E-state index contributed by atoms with van der Waals surface area (Å²) in [7, 11) is 2.02. The third-order valence-corrected chi connectivity index (χ3v) is 2.87. The van der Waals surface area contributed by atoms with Gasteiger partial charge in [0.05, 0.1) is 5.69 Å². The Bertz CT molecular complexity index is 313. The molecule has 2 N–H and O–H groups in total. The van der Waals surface area contributed by atoms with Crippen molar-refractivity contribution in [1.29, 1.82) is 0 Å². The van der Waals surface area contributed by atoms with E-state index in [1.807, 2.05) is 11.7 Å². The minimum atomic E-state index is 0.271. The van der Waals surface area contributed by atoms with Crippen LogP contribution in [0.4, 0.5) is 0 Å². The van der Waals surface area contributed by atoms with Crippen molar-refractivity contribution in [3.8, 4) is 0 Å². The van der Waals surface area contributed by atoms with Gasteiger partial charge in [0, 0.05) is 12.7 Å². The molecule has 1 aromatic rings. The number of rotatable bonds is 5. The monoisotopic (exact) mass is 209 g/mol. The van der Waals surface area contributed by atoms with Crippen molar-refractivity contribution in [2.24, 2.45) is 18.2 Å². The highest BCUT2D eigenvalue weighted by atomic mass is 15.3. The average Bonchev–Trinajstić information content (AvgIpc) is 2.46. The van der Waals surface area contributed by atoms with E-state index in [0.29, 0.717) is 0 Å². The minimum Gasteiger partial charge on any atom is -0.330 e. The molecule has 3 heteroatoms. The molecule has 0 aromatic carbocycles. The number of aryl methyl sites for hydroxylation is 2. The van der Waals surface area contributed by atoms with Crippen LogP contribution in [-0.4, -0.2) is 16.3 Å². The van der Waals surface area contributed by atoms with E-state index in [1.54, 1.807) is 0 Å². The second-order valence-corrected chi connectivity index (χ2v) is 4.98. The Morgan fingerprint density at radius 2 is 2.13 bits per heavy atom. The second-order valence-electron chi connectivity index (χ2n) is 4.98. The van der Waals surface area contributed by atoms with Gasteiger partial charge in [-0.05, 0) is 37.3 Å². The van der Waals surface area contributed by atoms with Crippen LogP contribution in [0.25, 0.3) is 0 Å². The molecule has 0 aliphatic carbocycles. The number of hydrogen-bond acceptors (Lipinski definition) is 2. The first-order valence-electron chi connectivity index (χ1n) is 5.70. The highest BCUT2D eigenvalue weighted by Crippen LogP contribution is 2.25. The van der Waals surface area contributed by atoms with Crippen LogP contribution in [0.3, 0.4) is 0 Å². The highest BCUT2D eigenvalue weighted by Gasteiger charge is 2.19. The maximum atomic E-state index is 5.62. The fourth-order valence-corrected chi connectivity index (χ4v) is 1.88. The smallest absolute Gasteiger partial charge is 0.0624 e. The maximum Gasteiger partial charge on any atom is 0.0624 e. The summed E-state index contributed by atoms with van der Waals surface area (Å²) in [6, 6.07) is 2.21. The molecular formula is C12H23N3. The summed E-state index contributed by atoms with van der Waals surface area (Å²) in [5, 5.41) is 4.46. The van der Waals surface area contributed by atoms with Crippen molar-refractivity contribution in [2.75, 3.05) is 6.54 Å². The molecule has 0 aliphatic rings. The molecule has 0 unspecified atom stereocenters. The Kier molecular flexibility index (Phi) is 3.91. The van der Waals surface area contributed by atoms with Crippen LogP contribution in [0.2, 0.25) is 0 Å². The van der Waals surface area contributed by atoms with E-state index in [0.717, 1.165) is 25.8 Å². The molecule has 0 atom stereocenters. The van der Waals surface area contributed by atoms with E-state index in [-0.39, 0.29) is 5.41 Å². The molecule has 1 aromatic heterocycles. The average molecular weight is 209 g/mol. The third kappa shape index (κ3) is 3.34. The van der Waals surface area contributed by atoms with Crippen LogP contribution in [0.15, 0.2) is 6.07 Å². The van der Waals surface area contributed by atoms with Gasteiger partial charge in [0.1, 0.15) is 0 Å². The van der Waals surface area contributed by atoms with Gasteiger partial charge in [0.15, 0.2) is 0 Å². The van der Waals surface area contributed by atoms with Crippen molar-refractivity contribution < 1.29 is 0 Å². The number of hydrogen-bond donors (Lipinski definition) is 1. The van der Waals surface area contributed by atoms with Crippen LogP contribution in [-0.2, 0) is 19.9 Å². The van der Waals surface area contributed by atoms with Crippen LogP contribution >= 0.6 is 0 Å². The zero-order chi connectivity index (χ0) is 11.5. The lowest BCUT2D eigenvalue weighted by atomic mass is 9.84. The molecule has 0 aliphatic heterocycles. The SMILES string of the molecule is CCc1cc(CC(C)(C)CCN)n(C)n1. The van der Waals surface area contributed by atoms with Crippen molar-refractivity contribution in [3.63, 3.8) is 0 Å². The lowest BCUT2D eigenvalue weighted by molar-refractivity contribution is 0.330. The zero-order valence-corrected chi connectivity index (χ0v) is 10.4. The van der Waals surface area contributed by atoms with Gasteiger partial charge >= 0.3 is 0 Å². The normalized spacial score (nSPS) is 12.1. The Hall–Kier alpha value is -0.830. The Balaban J connectivity index is 2.75. The Labute approximate surface area is 92.7 Å². The van der Waals surface area contributed by atoms with E-state index < -0.39 is 0 Å². The molecule has 15 heavy (non-hydrogen) atoms. The fraction of sp³-hybridized carbons (Fsp3) is 0.750. The molecule has 0 bridgehead atoms. The quantitative estimate of drug-likeness (QED) is 0.805. The molecule has 0 radical (unpaired) electrons. The van der Waals surface area contributed by atoms with Crippen molar-refractivity contribution in [2.45, 2.75) is 40.0 Å². The summed E-state index contributed by atoms with van der Waals surface area (Å²) in [5.74, 6) is 0. The van der Waals surface area contributed by atoms with E-state index in [2.05, 4.69) is 31.9 Å². The predicted octanol–water partition coefficient (Wildman–Crippen LogP) is 1.90. The number of nitrogens with zero attached hydrogens (tertiary/aromatic N) is 2. The largest absolute Gasteiger partial charge is 0.330 e. The first-order valence-corrected chi connectivity index (χ1v) is 5.70. The first kappa shape index (κ1) is 12.2. The molecule has 0 spiro atoms. The molecule has 1 heterocycles. The van der Waals surface area contributed by atoms with E-state index in [4.69, 9.17) is 5.73 Å². The molecule has 86 valence electrons. The van der Waals surface area contributed by atoms with Gasteiger partial charge in [-0.25, -0.2) is 0 Å². The fourth-order valence-electron chi connectivity index (χ4n) is 1.88. The van der Waals surface area contributed by atoms with Gasteiger partial charge in [-0.3, -0.25) is 4.68 Å². The van der Waals surface area contributed by atoms with Crippen LogP contribution in [0.5, 0.6) is 0 Å². The van der Waals surface area contributed by atoms with Crippen molar-refractivity contribution in [1.82, 2.24) is 9.78 Å². The van der Waals surface area contributed by atoms with Gasteiger partial charge in [-0.15, -0.1) is 0 Å². The number of aromatic nitrogens is 2. The highest BCUT2D eigenvalue weighted by molar-refractivity contribution is 5.11. The molecule has 1 rings (SSSR count). The molecule has 0 amide bonds. The molecule has 0 fully saturated rings. The molecule has 0 saturated heterocycles. The Morgan fingerprint density at radius 1 is 1.47 bits per heavy atom. The molecule has 0 saturated carbocycles. The third-order valence-electron chi connectivity index (χ3n) is 2.87. The van der Waals surface area contributed by atoms with E-state index >= 15 is 0 Å². The van der Waals surface area contributed by atoms with Crippen molar-refractivity contribution in [3.05, 3.63) is 17.5 Å². The first-order chi connectivity index (χ1) is 6.98. The van der Waals surface area contributed by atoms with Crippen molar-refractivity contribution >= 4 is 0 Å². The lowest BCUT2D eigenvalue weighted by Gasteiger charge is -2.23. The van der Waals surface area contributed by atoms with E-state index in [1.165, 1.54) is 11.4 Å². The van der Waals surface area contributed by atoms with Gasteiger partial charge in [-0.1, -0.05) is 20.8 Å². The predicted molar refractivity (Wildman–Crippen MR) is 63.7 cm³/mol. The second kappa shape index (κ2) is 4.79. The van der Waals surface area contributed by atoms with Gasteiger partial charge in [-0.2, -0.15) is 5.10 Å². The summed E-state index contributed by atoms with van der Waals surface area (Å²) in [6.07, 6.45) is 3.11. The molecule has 3 nitrogen and oxygen atoms in total. The Morgan fingerprint density at radius 3 is 2.60 bits per heavy atom. The topological polar surface area (TPSA) is 43.8 Å². The van der Waals surface area contributed by atoms with Gasteiger partial charge < -0.3 is 5.73 Å². The van der Waals surface area contributed by atoms with E-state index in [9.17, 15) is 0 Å².